The Morgan fingerprint density at radius 3 is 1.83 bits per heavy atom. The molecule has 3 atom stereocenters. The van der Waals surface area contributed by atoms with E-state index in [1.807, 2.05) is 0 Å². The Labute approximate surface area is 186 Å². The molecule has 30 heavy (non-hydrogen) atoms. The first-order chi connectivity index (χ1) is 14.0. The molecule has 1 N–H and O–H groups in total. The maximum atomic E-state index is 12.9. The van der Waals surface area contributed by atoms with Crippen molar-refractivity contribution in [3.8, 4) is 0 Å². The van der Waals surface area contributed by atoms with Crippen molar-refractivity contribution in [2.24, 2.45) is 0 Å². The summed E-state index contributed by atoms with van der Waals surface area (Å²) in [6, 6.07) is 6.72. The molecule has 1 rings (SSSR count). The summed E-state index contributed by atoms with van der Waals surface area (Å²) in [6.07, 6.45) is -4.66. The largest absolute Gasteiger partial charge is 0.462 e. The first kappa shape index (κ1) is 25.3. The minimum Gasteiger partial charge on any atom is -0.462 e. The zero-order chi connectivity index (χ0) is 22.8. The van der Waals surface area contributed by atoms with Crippen molar-refractivity contribution >= 4 is 58.1 Å². The summed E-state index contributed by atoms with van der Waals surface area (Å²) in [5.41, 5.74) is 0.392. The van der Waals surface area contributed by atoms with E-state index >= 15 is 0 Å². The highest BCUT2D eigenvalue weighted by Crippen LogP contribution is 2.18. The maximum absolute atomic E-state index is 12.9. The Morgan fingerprint density at radius 2 is 1.37 bits per heavy atom. The van der Waals surface area contributed by atoms with Crippen LogP contribution in [-0.4, -0.2) is 54.7 Å². The van der Waals surface area contributed by atoms with Gasteiger partial charge >= 0.3 is 23.9 Å². The van der Waals surface area contributed by atoms with E-state index in [-0.39, 0.29) is 0 Å². The Hall–Kier alpha value is -2.70. The molecule has 11 heteroatoms. The third-order valence-electron chi connectivity index (χ3n) is 3.40. The average Bonchev–Trinajstić information content (AvgIpc) is 2.62. The standard InChI is InChI=1S/C19H22INO9/c1-10(22)27-9-16(28-11(2)23)17(29-12(3)24)18(30-13(4)25)19(26)21-15-7-5-14(20)6-8-15/h5-8,16-18H,9H2,1-4H3,(H,21,26)/t16-,17+,18+/m1/s1. The summed E-state index contributed by atoms with van der Waals surface area (Å²) >= 11 is 2.09. The average molecular weight is 535 g/mol. The zero-order valence-electron chi connectivity index (χ0n) is 16.8. The van der Waals surface area contributed by atoms with E-state index < -0.39 is 54.7 Å². The Balaban J connectivity index is 3.25. The molecule has 10 nitrogen and oxygen atoms in total. The predicted molar refractivity (Wildman–Crippen MR) is 111 cm³/mol. The first-order valence-electron chi connectivity index (χ1n) is 8.71. The molecular weight excluding hydrogens is 513 g/mol. The summed E-state index contributed by atoms with van der Waals surface area (Å²) in [7, 11) is 0. The quantitative estimate of drug-likeness (QED) is 0.284. The fourth-order valence-corrected chi connectivity index (χ4v) is 2.69. The minimum atomic E-state index is -1.69. The van der Waals surface area contributed by atoms with Crippen LogP contribution in [0.4, 0.5) is 5.69 Å². The van der Waals surface area contributed by atoms with Crippen LogP contribution in [0.25, 0.3) is 0 Å². The van der Waals surface area contributed by atoms with Crippen molar-refractivity contribution in [2.45, 2.75) is 46.0 Å². The van der Waals surface area contributed by atoms with Crippen LogP contribution in [0.1, 0.15) is 27.7 Å². The van der Waals surface area contributed by atoms with Crippen molar-refractivity contribution in [1.29, 1.82) is 0 Å². The van der Waals surface area contributed by atoms with Crippen LogP contribution in [0, 0.1) is 3.57 Å². The minimum absolute atomic E-state index is 0.392. The Kier molecular flexibility index (Phi) is 10.2. The summed E-state index contributed by atoms with van der Waals surface area (Å²) in [6.45, 7) is 3.80. The van der Waals surface area contributed by atoms with E-state index in [2.05, 4.69) is 27.9 Å². The number of carbonyl (C=O) groups excluding carboxylic acids is 5. The number of carbonyl (C=O) groups is 5. The number of benzene rings is 1. The lowest BCUT2D eigenvalue weighted by atomic mass is 10.1. The van der Waals surface area contributed by atoms with Crippen LogP contribution in [0.15, 0.2) is 24.3 Å². The summed E-state index contributed by atoms with van der Waals surface area (Å²) in [4.78, 5) is 58.8. The highest BCUT2D eigenvalue weighted by Gasteiger charge is 2.42. The van der Waals surface area contributed by atoms with E-state index in [0.717, 1.165) is 31.3 Å². The molecule has 0 unspecified atom stereocenters. The van der Waals surface area contributed by atoms with Gasteiger partial charge in [-0.25, -0.2) is 0 Å². The number of amides is 1. The van der Waals surface area contributed by atoms with Crippen LogP contribution < -0.4 is 5.32 Å². The smallest absolute Gasteiger partial charge is 0.303 e. The molecule has 0 saturated heterocycles. The zero-order valence-corrected chi connectivity index (χ0v) is 19.0. The molecule has 0 heterocycles. The van der Waals surface area contributed by atoms with Crippen LogP contribution in [0.5, 0.6) is 0 Å². The van der Waals surface area contributed by atoms with Gasteiger partial charge in [-0.1, -0.05) is 0 Å². The van der Waals surface area contributed by atoms with Gasteiger partial charge in [0.15, 0.2) is 12.2 Å². The topological polar surface area (TPSA) is 134 Å². The SMILES string of the molecule is CC(=O)OC[C@@H](OC(C)=O)[C@H](OC(C)=O)[C@H](OC(C)=O)C(=O)Nc1ccc(I)cc1. The fourth-order valence-electron chi connectivity index (χ4n) is 2.33. The second kappa shape index (κ2) is 12.1. The number of esters is 4. The van der Waals surface area contributed by atoms with Gasteiger partial charge in [-0.3, -0.25) is 24.0 Å². The molecule has 0 bridgehead atoms. The van der Waals surface area contributed by atoms with Gasteiger partial charge in [-0.05, 0) is 46.9 Å². The third-order valence-corrected chi connectivity index (χ3v) is 4.12. The predicted octanol–water partition coefficient (Wildman–Crippen LogP) is 1.59. The van der Waals surface area contributed by atoms with Crippen LogP contribution in [0.2, 0.25) is 0 Å². The summed E-state index contributed by atoms with van der Waals surface area (Å²) in [5.74, 6) is -3.99. The number of ether oxygens (including phenoxy) is 4. The monoisotopic (exact) mass is 535 g/mol. The van der Waals surface area contributed by atoms with Gasteiger partial charge < -0.3 is 24.3 Å². The van der Waals surface area contributed by atoms with Gasteiger partial charge in [0.1, 0.15) is 6.61 Å². The lowest BCUT2D eigenvalue weighted by Crippen LogP contribution is -2.52. The molecule has 1 aromatic rings. The van der Waals surface area contributed by atoms with Crippen molar-refractivity contribution in [3.63, 3.8) is 0 Å². The van der Waals surface area contributed by atoms with Crippen molar-refractivity contribution in [3.05, 3.63) is 27.8 Å². The first-order valence-corrected chi connectivity index (χ1v) is 9.79. The highest BCUT2D eigenvalue weighted by molar-refractivity contribution is 14.1. The number of hydrogen-bond acceptors (Lipinski definition) is 9. The van der Waals surface area contributed by atoms with Crippen molar-refractivity contribution in [2.75, 3.05) is 11.9 Å². The number of halogens is 1. The third kappa shape index (κ3) is 9.20. The molecule has 0 spiro atoms. The van der Waals surface area contributed by atoms with Gasteiger partial charge in [0, 0.05) is 37.0 Å². The maximum Gasteiger partial charge on any atom is 0.303 e. The lowest BCUT2D eigenvalue weighted by Gasteiger charge is -2.30. The van der Waals surface area contributed by atoms with Gasteiger partial charge in [-0.15, -0.1) is 0 Å². The van der Waals surface area contributed by atoms with Crippen molar-refractivity contribution < 1.29 is 42.9 Å². The molecule has 1 amide bonds. The molecule has 0 aromatic heterocycles. The lowest BCUT2D eigenvalue weighted by molar-refractivity contribution is -0.190. The normalized spacial score (nSPS) is 13.2. The Morgan fingerprint density at radius 1 is 0.833 bits per heavy atom. The summed E-state index contributed by atoms with van der Waals surface area (Å²) < 4.78 is 21.1. The van der Waals surface area contributed by atoms with Gasteiger partial charge in [0.05, 0.1) is 0 Å². The second-order valence-corrected chi connectivity index (χ2v) is 7.30. The van der Waals surface area contributed by atoms with Crippen LogP contribution in [-0.2, 0) is 42.9 Å². The molecule has 0 aliphatic carbocycles. The van der Waals surface area contributed by atoms with E-state index in [1.165, 1.54) is 0 Å². The van der Waals surface area contributed by atoms with E-state index in [9.17, 15) is 24.0 Å². The fraction of sp³-hybridized carbons (Fsp3) is 0.421. The molecule has 164 valence electrons. The van der Waals surface area contributed by atoms with Crippen LogP contribution in [0.3, 0.4) is 0 Å². The number of hydrogen-bond donors (Lipinski definition) is 1. The molecule has 1 aromatic carbocycles. The second-order valence-electron chi connectivity index (χ2n) is 6.05. The number of rotatable bonds is 9. The van der Waals surface area contributed by atoms with Gasteiger partial charge in [-0.2, -0.15) is 0 Å². The molecule has 0 aliphatic heterocycles. The number of nitrogens with one attached hydrogen (secondary N) is 1. The van der Waals surface area contributed by atoms with E-state index in [1.54, 1.807) is 24.3 Å². The Bertz CT molecular complexity index is 794. The molecule has 0 radical (unpaired) electrons. The molecule has 0 saturated carbocycles. The van der Waals surface area contributed by atoms with E-state index in [0.29, 0.717) is 5.69 Å². The number of anilines is 1. The highest BCUT2D eigenvalue weighted by atomic mass is 127. The molecule has 0 aliphatic rings. The van der Waals surface area contributed by atoms with Crippen LogP contribution >= 0.6 is 22.6 Å². The summed E-state index contributed by atoms with van der Waals surface area (Å²) in [5, 5.41) is 2.54. The molecular formula is C19H22INO9. The van der Waals surface area contributed by atoms with Gasteiger partial charge in [0.25, 0.3) is 5.91 Å². The molecule has 0 fully saturated rings. The van der Waals surface area contributed by atoms with E-state index in [4.69, 9.17) is 18.9 Å². The van der Waals surface area contributed by atoms with Gasteiger partial charge in [0.2, 0.25) is 6.10 Å². The van der Waals surface area contributed by atoms with Crippen molar-refractivity contribution in [1.82, 2.24) is 0 Å².